The standard InChI is InChI=1S/C22H27FN4O4/c23-15-5-7-16(8-6-15)24-22(31)26-13-11-25(12-14-26)19(28)9-10-27-20(29)17-3-1-2-4-18(17)21(27)30/h5-8,17-18H,1-4,9-14H2,(H,24,31). The van der Waals surface area contributed by atoms with Crippen molar-refractivity contribution in [2.24, 2.45) is 11.8 Å². The summed E-state index contributed by atoms with van der Waals surface area (Å²) in [6.07, 6.45) is 3.60. The fraction of sp³-hybridized carbons (Fsp3) is 0.545. The Balaban J connectivity index is 1.23. The minimum Gasteiger partial charge on any atom is -0.339 e. The van der Waals surface area contributed by atoms with Gasteiger partial charge in [-0.25, -0.2) is 9.18 Å². The van der Waals surface area contributed by atoms with Crippen LogP contribution in [0.25, 0.3) is 0 Å². The second-order valence-electron chi connectivity index (χ2n) is 8.38. The number of urea groups is 1. The summed E-state index contributed by atoms with van der Waals surface area (Å²) in [6.45, 7) is 1.68. The molecule has 2 unspecified atom stereocenters. The normalized spacial score (nSPS) is 23.7. The molecule has 4 rings (SSSR count). The van der Waals surface area contributed by atoms with Crippen molar-refractivity contribution < 1.29 is 23.6 Å². The molecule has 0 radical (unpaired) electrons. The summed E-state index contributed by atoms with van der Waals surface area (Å²) in [4.78, 5) is 54.6. The van der Waals surface area contributed by atoms with E-state index in [0.29, 0.717) is 31.9 Å². The smallest absolute Gasteiger partial charge is 0.321 e. The SMILES string of the molecule is O=C(CCN1C(=O)C2CCCCC2C1=O)N1CCN(C(=O)Nc2ccc(F)cc2)CC1. The third-order valence-electron chi connectivity index (χ3n) is 6.50. The predicted octanol–water partition coefficient (Wildman–Crippen LogP) is 2.07. The second-order valence-corrected chi connectivity index (χ2v) is 8.38. The number of fused-ring (bicyclic) bond motifs is 1. The first-order chi connectivity index (χ1) is 14.9. The molecule has 1 saturated carbocycles. The number of hydrogen-bond donors (Lipinski definition) is 1. The number of nitrogens with zero attached hydrogens (tertiary/aromatic N) is 3. The fourth-order valence-corrected chi connectivity index (χ4v) is 4.71. The van der Waals surface area contributed by atoms with E-state index in [0.717, 1.165) is 25.7 Å². The minimum absolute atomic E-state index is 0.110. The zero-order chi connectivity index (χ0) is 22.0. The largest absolute Gasteiger partial charge is 0.339 e. The van der Waals surface area contributed by atoms with Gasteiger partial charge in [0.05, 0.1) is 11.8 Å². The molecule has 166 valence electrons. The lowest BCUT2D eigenvalue weighted by atomic mass is 9.81. The number of anilines is 1. The quantitative estimate of drug-likeness (QED) is 0.741. The van der Waals surface area contributed by atoms with Crippen LogP contribution in [0.1, 0.15) is 32.1 Å². The maximum atomic E-state index is 13.0. The van der Waals surface area contributed by atoms with Crippen LogP contribution < -0.4 is 5.32 Å². The third kappa shape index (κ3) is 4.55. The van der Waals surface area contributed by atoms with Crippen LogP contribution in [0, 0.1) is 17.7 Å². The lowest BCUT2D eigenvalue weighted by Gasteiger charge is -2.35. The number of carbonyl (C=O) groups excluding carboxylic acids is 4. The van der Waals surface area contributed by atoms with Crippen LogP contribution in [0.15, 0.2) is 24.3 Å². The Labute approximate surface area is 180 Å². The van der Waals surface area contributed by atoms with Gasteiger partial charge in [-0.15, -0.1) is 0 Å². The molecule has 2 atom stereocenters. The topological polar surface area (TPSA) is 90.0 Å². The molecule has 0 spiro atoms. The Kier molecular flexibility index (Phi) is 6.20. The van der Waals surface area contributed by atoms with Crippen molar-refractivity contribution in [2.75, 3.05) is 38.0 Å². The van der Waals surface area contributed by atoms with Crippen molar-refractivity contribution in [3.8, 4) is 0 Å². The summed E-state index contributed by atoms with van der Waals surface area (Å²) in [5, 5.41) is 2.71. The van der Waals surface area contributed by atoms with Crippen molar-refractivity contribution in [3.63, 3.8) is 0 Å². The summed E-state index contributed by atoms with van der Waals surface area (Å²) in [5.74, 6) is -1.12. The molecule has 5 amide bonds. The maximum absolute atomic E-state index is 13.0. The van der Waals surface area contributed by atoms with Gasteiger partial charge in [0.2, 0.25) is 17.7 Å². The van der Waals surface area contributed by atoms with Crippen LogP contribution >= 0.6 is 0 Å². The van der Waals surface area contributed by atoms with Gasteiger partial charge in [0.25, 0.3) is 0 Å². The zero-order valence-electron chi connectivity index (χ0n) is 17.4. The Morgan fingerprint density at radius 2 is 1.45 bits per heavy atom. The summed E-state index contributed by atoms with van der Waals surface area (Å²) in [5.41, 5.74) is 0.505. The molecule has 3 aliphatic rings. The summed E-state index contributed by atoms with van der Waals surface area (Å²) < 4.78 is 13.0. The number of benzene rings is 1. The van der Waals surface area contributed by atoms with Crippen molar-refractivity contribution in [1.29, 1.82) is 0 Å². The Morgan fingerprint density at radius 3 is 2.03 bits per heavy atom. The van der Waals surface area contributed by atoms with Crippen molar-refractivity contribution in [1.82, 2.24) is 14.7 Å². The maximum Gasteiger partial charge on any atom is 0.321 e. The lowest BCUT2D eigenvalue weighted by Crippen LogP contribution is -2.52. The number of rotatable bonds is 4. The van der Waals surface area contributed by atoms with E-state index in [1.807, 2.05) is 0 Å². The number of amides is 5. The Bertz CT molecular complexity index is 843. The van der Waals surface area contributed by atoms with Crippen LogP contribution in [0.4, 0.5) is 14.9 Å². The van der Waals surface area contributed by atoms with Crippen LogP contribution in [-0.4, -0.2) is 71.2 Å². The number of carbonyl (C=O) groups is 4. The van der Waals surface area contributed by atoms with Gasteiger partial charge in [-0.3, -0.25) is 19.3 Å². The molecule has 2 aliphatic heterocycles. The van der Waals surface area contributed by atoms with Crippen molar-refractivity contribution in [2.45, 2.75) is 32.1 Å². The summed E-state index contributed by atoms with van der Waals surface area (Å²) in [7, 11) is 0. The van der Waals surface area contributed by atoms with E-state index in [2.05, 4.69) is 5.32 Å². The molecule has 9 heteroatoms. The number of hydrogen-bond acceptors (Lipinski definition) is 4. The summed E-state index contributed by atoms with van der Waals surface area (Å²) in [6, 6.07) is 5.23. The number of likely N-dealkylation sites (tertiary alicyclic amines) is 1. The highest BCUT2D eigenvalue weighted by molar-refractivity contribution is 6.05. The predicted molar refractivity (Wildman–Crippen MR) is 110 cm³/mol. The molecule has 2 heterocycles. The second kappa shape index (κ2) is 9.03. The van der Waals surface area contributed by atoms with E-state index in [1.54, 1.807) is 9.80 Å². The van der Waals surface area contributed by atoms with E-state index in [-0.39, 0.29) is 54.4 Å². The van der Waals surface area contributed by atoms with Gasteiger partial charge in [-0.05, 0) is 37.1 Å². The molecule has 1 N–H and O–H groups in total. The monoisotopic (exact) mass is 430 g/mol. The van der Waals surface area contributed by atoms with Crippen LogP contribution in [-0.2, 0) is 14.4 Å². The van der Waals surface area contributed by atoms with Crippen LogP contribution in [0.5, 0.6) is 0 Å². The van der Waals surface area contributed by atoms with E-state index >= 15 is 0 Å². The first-order valence-corrected chi connectivity index (χ1v) is 10.9. The van der Waals surface area contributed by atoms with Gasteiger partial charge in [0.15, 0.2) is 0 Å². The number of halogens is 1. The molecule has 31 heavy (non-hydrogen) atoms. The minimum atomic E-state index is -0.374. The molecular formula is C22H27FN4O4. The average molecular weight is 430 g/mol. The van der Waals surface area contributed by atoms with E-state index in [9.17, 15) is 23.6 Å². The molecule has 0 bridgehead atoms. The Morgan fingerprint density at radius 1 is 0.903 bits per heavy atom. The van der Waals surface area contributed by atoms with Crippen LogP contribution in [0.3, 0.4) is 0 Å². The van der Waals surface area contributed by atoms with Gasteiger partial charge < -0.3 is 15.1 Å². The van der Waals surface area contributed by atoms with Crippen molar-refractivity contribution in [3.05, 3.63) is 30.1 Å². The molecular weight excluding hydrogens is 403 g/mol. The highest BCUT2D eigenvalue weighted by atomic mass is 19.1. The van der Waals surface area contributed by atoms with Gasteiger partial charge in [0, 0.05) is 44.8 Å². The third-order valence-corrected chi connectivity index (χ3v) is 6.50. The van der Waals surface area contributed by atoms with Gasteiger partial charge in [-0.1, -0.05) is 12.8 Å². The molecule has 1 aromatic rings. The first-order valence-electron chi connectivity index (χ1n) is 10.9. The molecule has 8 nitrogen and oxygen atoms in total. The van der Waals surface area contributed by atoms with Gasteiger partial charge >= 0.3 is 6.03 Å². The highest BCUT2D eigenvalue weighted by Gasteiger charge is 2.47. The molecule has 1 aromatic carbocycles. The van der Waals surface area contributed by atoms with Crippen molar-refractivity contribution >= 4 is 29.4 Å². The first kappa shape index (κ1) is 21.3. The van der Waals surface area contributed by atoms with Crippen LogP contribution in [0.2, 0.25) is 0 Å². The molecule has 2 saturated heterocycles. The number of imide groups is 1. The van der Waals surface area contributed by atoms with Gasteiger partial charge in [-0.2, -0.15) is 0 Å². The molecule has 3 fully saturated rings. The van der Waals surface area contributed by atoms with E-state index in [1.165, 1.54) is 29.2 Å². The number of nitrogens with one attached hydrogen (secondary N) is 1. The lowest BCUT2D eigenvalue weighted by molar-refractivity contribution is -0.141. The summed E-state index contributed by atoms with van der Waals surface area (Å²) >= 11 is 0. The highest BCUT2D eigenvalue weighted by Crippen LogP contribution is 2.38. The average Bonchev–Trinajstić information content (AvgIpc) is 3.03. The zero-order valence-corrected chi connectivity index (χ0v) is 17.4. The number of piperazine rings is 1. The Hall–Kier alpha value is -2.97. The van der Waals surface area contributed by atoms with E-state index in [4.69, 9.17) is 0 Å². The molecule has 0 aromatic heterocycles. The fourth-order valence-electron chi connectivity index (χ4n) is 4.71. The molecule has 1 aliphatic carbocycles. The van der Waals surface area contributed by atoms with Gasteiger partial charge in [0.1, 0.15) is 5.82 Å². The van der Waals surface area contributed by atoms with E-state index < -0.39 is 0 Å².